The molecule has 20 heavy (non-hydrogen) atoms. The highest BCUT2D eigenvalue weighted by atomic mass is 32.2. The van der Waals surface area contributed by atoms with Gasteiger partial charge in [0.25, 0.3) is 0 Å². The zero-order chi connectivity index (χ0) is 14.1. The summed E-state index contributed by atoms with van der Waals surface area (Å²) >= 11 is 1.58. The van der Waals surface area contributed by atoms with E-state index in [0.29, 0.717) is 11.0 Å². The fraction of sp³-hybridized carbons (Fsp3) is 0.0714. The summed E-state index contributed by atoms with van der Waals surface area (Å²) in [5.74, 6) is -0.985. The minimum atomic E-state index is -0.985. The van der Waals surface area contributed by atoms with E-state index < -0.39 is 5.97 Å². The van der Waals surface area contributed by atoms with Gasteiger partial charge in [-0.05, 0) is 30.5 Å². The Morgan fingerprint density at radius 3 is 2.75 bits per heavy atom. The van der Waals surface area contributed by atoms with E-state index in [2.05, 4.69) is 10.3 Å². The molecule has 3 aromatic rings. The van der Waals surface area contributed by atoms with Crippen LogP contribution in [0.4, 0.5) is 0 Å². The van der Waals surface area contributed by atoms with Crippen molar-refractivity contribution in [3.8, 4) is 5.69 Å². The first-order chi connectivity index (χ1) is 9.72. The molecule has 0 aliphatic rings. The highest BCUT2D eigenvalue weighted by Gasteiger charge is 2.16. The van der Waals surface area contributed by atoms with E-state index in [1.165, 1.54) is 0 Å². The van der Waals surface area contributed by atoms with Gasteiger partial charge in [0.15, 0.2) is 0 Å². The minimum Gasteiger partial charge on any atom is -0.478 e. The van der Waals surface area contributed by atoms with Gasteiger partial charge in [-0.1, -0.05) is 23.4 Å². The highest BCUT2D eigenvalue weighted by Crippen LogP contribution is 2.27. The van der Waals surface area contributed by atoms with Crippen molar-refractivity contribution < 1.29 is 9.90 Å². The van der Waals surface area contributed by atoms with Crippen molar-refractivity contribution >= 4 is 28.8 Å². The molecule has 6 heteroatoms. The molecule has 1 aromatic heterocycles. The van der Waals surface area contributed by atoms with Crippen LogP contribution in [-0.4, -0.2) is 32.3 Å². The van der Waals surface area contributed by atoms with Crippen molar-refractivity contribution in [3.63, 3.8) is 0 Å². The van der Waals surface area contributed by atoms with Gasteiger partial charge < -0.3 is 5.11 Å². The van der Waals surface area contributed by atoms with Crippen LogP contribution in [0.15, 0.2) is 47.4 Å². The third kappa shape index (κ3) is 1.94. The van der Waals surface area contributed by atoms with Crippen LogP contribution in [0.1, 0.15) is 10.4 Å². The molecule has 3 rings (SSSR count). The van der Waals surface area contributed by atoms with E-state index in [1.54, 1.807) is 34.6 Å². The molecule has 0 unspecified atom stereocenters. The maximum Gasteiger partial charge on any atom is 0.337 e. The second-order valence-corrected chi connectivity index (χ2v) is 5.00. The van der Waals surface area contributed by atoms with Gasteiger partial charge in [-0.15, -0.1) is 16.9 Å². The zero-order valence-corrected chi connectivity index (χ0v) is 11.5. The Morgan fingerprint density at radius 1 is 1.20 bits per heavy atom. The van der Waals surface area contributed by atoms with E-state index in [4.69, 9.17) is 0 Å². The summed E-state index contributed by atoms with van der Waals surface area (Å²) in [6, 6.07) is 12.7. The van der Waals surface area contributed by atoms with Crippen molar-refractivity contribution in [1.82, 2.24) is 15.0 Å². The summed E-state index contributed by atoms with van der Waals surface area (Å²) in [6.07, 6.45) is 1.97. The van der Waals surface area contributed by atoms with Gasteiger partial charge in [0.05, 0.1) is 11.3 Å². The molecule has 0 atom stereocenters. The molecule has 0 fully saturated rings. The Hall–Kier alpha value is -2.34. The number of nitrogens with zero attached hydrogens (tertiary/aromatic N) is 3. The molecule has 0 radical (unpaired) electrons. The predicted molar refractivity (Wildman–Crippen MR) is 77.6 cm³/mol. The number of aromatic carboxylic acids is 1. The van der Waals surface area contributed by atoms with Crippen LogP contribution in [0.3, 0.4) is 0 Å². The predicted octanol–water partition coefficient (Wildman–Crippen LogP) is 2.84. The maximum atomic E-state index is 11.4. The molecule has 100 valence electrons. The fourth-order valence-corrected chi connectivity index (χ4v) is 2.70. The first-order valence-electron chi connectivity index (χ1n) is 5.93. The normalized spacial score (nSPS) is 10.8. The Morgan fingerprint density at radius 2 is 2.00 bits per heavy atom. The number of rotatable bonds is 3. The Balaban J connectivity index is 2.35. The van der Waals surface area contributed by atoms with Crippen molar-refractivity contribution in [3.05, 3.63) is 48.0 Å². The Kier molecular flexibility index (Phi) is 3.15. The summed E-state index contributed by atoms with van der Waals surface area (Å²) in [5.41, 5.74) is 2.11. The lowest BCUT2D eigenvalue weighted by atomic mass is 10.2. The summed E-state index contributed by atoms with van der Waals surface area (Å²) in [6.45, 7) is 0. The van der Waals surface area contributed by atoms with Gasteiger partial charge >= 0.3 is 5.97 Å². The molecule has 1 N–H and O–H groups in total. The molecule has 0 aliphatic heterocycles. The molecule has 5 nitrogen and oxygen atoms in total. The second kappa shape index (κ2) is 4.97. The third-order valence-corrected chi connectivity index (χ3v) is 3.80. The van der Waals surface area contributed by atoms with Crippen LogP contribution in [-0.2, 0) is 0 Å². The molecule has 0 aliphatic carbocycles. The molecular formula is C14H11N3O2S. The van der Waals surface area contributed by atoms with Crippen LogP contribution in [0.5, 0.6) is 0 Å². The summed E-state index contributed by atoms with van der Waals surface area (Å²) in [7, 11) is 0. The number of hydrogen-bond acceptors (Lipinski definition) is 4. The van der Waals surface area contributed by atoms with Gasteiger partial charge in [0.2, 0.25) is 0 Å². The number of carboxylic acid groups (broad SMARTS) is 1. The minimum absolute atomic E-state index is 0.198. The first-order valence-corrected chi connectivity index (χ1v) is 7.16. The molecule has 0 saturated carbocycles. The molecule has 0 spiro atoms. The number of fused-ring (bicyclic) bond motifs is 1. The van der Waals surface area contributed by atoms with Gasteiger partial charge in [-0.2, -0.15) is 0 Å². The van der Waals surface area contributed by atoms with E-state index in [-0.39, 0.29) is 5.56 Å². The summed E-state index contributed by atoms with van der Waals surface area (Å²) < 4.78 is 1.59. The third-order valence-electron chi connectivity index (χ3n) is 3.01. The van der Waals surface area contributed by atoms with Crippen molar-refractivity contribution in [2.75, 3.05) is 6.26 Å². The molecule has 0 amide bonds. The quantitative estimate of drug-likeness (QED) is 0.749. The number of para-hydroxylation sites is 2. The van der Waals surface area contributed by atoms with Crippen molar-refractivity contribution in [1.29, 1.82) is 0 Å². The van der Waals surface area contributed by atoms with E-state index in [1.807, 2.05) is 30.5 Å². The lowest BCUT2D eigenvalue weighted by Gasteiger charge is -2.08. The molecule has 1 heterocycles. The molecule has 0 saturated heterocycles. The summed E-state index contributed by atoms with van der Waals surface area (Å²) in [5, 5.41) is 17.5. The van der Waals surface area contributed by atoms with Crippen LogP contribution in [0, 0.1) is 0 Å². The van der Waals surface area contributed by atoms with Gasteiger partial charge in [-0.3, -0.25) is 0 Å². The lowest BCUT2D eigenvalue weighted by molar-refractivity contribution is 0.0698. The molecule has 2 aromatic carbocycles. The number of carbonyl (C=O) groups is 1. The van der Waals surface area contributed by atoms with Crippen molar-refractivity contribution in [2.24, 2.45) is 0 Å². The number of thioether (sulfide) groups is 1. The van der Waals surface area contributed by atoms with E-state index >= 15 is 0 Å². The van der Waals surface area contributed by atoms with Gasteiger partial charge in [0.1, 0.15) is 11.0 Å². The van der Waals surface area contributed by atoms with Gasteiger partial charge in [0, 0.05) is 4.90 Å². The first kappa shape index (κ1) is 12.7. The van der Waals surface area contributed by atoms with Crippen LogP contribution < -0.4 is 0 Å². The van der Waals surface area contributed by atoms with Crippen LogP contribution in [0.2, 0.25) is 0 Å². The van der Waals surface area contributed by atoms with E-state index in [9.17, 15) is 9.90 Å². The average molecular weight is 285 g/mol. The van der Waals surface area contributed by atoms with Crippen LogP contribution in [0.25, 0.3) is 16.7 Å². The number of benzene rings is 2. The summed E-state index contributed by atoms with van der Waals surface area (Å²) in [4.78, 5) is 12.4. The van der Waals surface area contributed by atoms with E-state index in [0.717, 1.165) is 10.6 Å². The second-order valence-electron chi connectivity index (χ2n) is 4.15. The maximum absolute atomic E-state index is 11.4. The van der Waals surface area contributed by atoms with Crippen LogP contribution >= 0.6 is 11.8 Å². The lowest BCUT2D eigenvalue weighted by Crippen LogP contribution is -2.04. The number of aromatic nitrogens is 3. The number of hydrogen-bond donors (Lipinski definition) is 1. The standard InChI is InChI=1S/C14H11N3O2S/c1-20-12-8-3-2-7-11(12)17-13-9(14(18)19)5-4-6-10(13)15-16-17/h2-8H,1H3,(H,18,19). The number of carboxylic acids is 1. The average Bonchev–Trinajstić information content (AvgIpc) is 2.90. The van der Waals surface area contributed by atoms with Crippen molar-refractivity contribution in [2.45, 2.75) is 4.90 Å². The Labute approximate surface area is 119 Å². The SMILES string of the molecule is CSc1ccccc1-n1nnc2cccc(C(=O)O)c21. The largest absolute Gasteiger partial charge is 0.478 e. The smallest absolute Gasteiger partial charge is 0.337 e. The Bertz CT molecular complexity index is 798. The highest BCUT2D eigenvalue weighted by molar-refractivity contribution is 7.98. The zero-order valence-electron chi connectivity index (χ0n) is 10.6. The topological polar surface area (TPSA) is 68.0 Å². The van der Waals surface area contributed by atoms with Gasteiger partial charge in [-0.25, -0.2) is 9.48 Å². The monoisotopic (exact) mass is 285 g/mol. The molecule has 0 bridgehead atoms. The fourth-order valence-electron chi connectivity index (χ4n) is 2.12. The molecular weight excluding hydrogens is 274 g/mol.